The van der Waals surface area contributed by atoms with Gasteiger partial charge in [-0.2, -0.15) is 0 Å². The Hall–Kier alpha value is -3.09. The predicted octanol–water partition coefficient (Wildman–Crippen LogP) is 1.77. The van der Waals surface area contributed by atoms with E-state index < -0.39 is 12.0 Å². The molecule has 0 aliphatic carbocycles. The van der Waals surface area contributed by atoms with Gasteiger partial charge in [0.25, 0.3) is 0 Å². The Morgan fingerprint density at radius 3 is 2.85 bits per heavy atom. The lowest BCUT2D eigenvalue weighted by Crippen LogP contribution is -2.32. The Balaban J connectivity index is 1.50. The molecule has 2 aromatic rings. The van der Waals surface area contributed by atoms with Crippen LogP contribution in [-0.4, -0.2) is 30.1 Å². The second-order valence-corrected chi connectivity index (χ2v) is 6.20. The van der Waals surface area contributed by atoms with Crippen molar-refractivity contribution in [2.45, 2.75) is 19.1 Å². The Bertz CT molecular complexity index is 824. The van der Waals surface area contributed by atoms with E-state index in [9.17, 15) is 9.59 Å². The lowest BCUT2D eigenvalue weighted by Gasteiger charge is -2.22. The van der Waals surface area contributed by atoms with Gasteiger partial charge in [-0.05, 0) is 29.3 Å². The summed E-state index contributed by atoms with van der Waals surface area (Å²) in [5.41, 5.74) is 1.61. The second kappa shape index (κ2) is 7.03. The standard InChI is InChI=1S/C19H18N2O5/c22-17-9-14(19(23)21-11-12-2-1-5-20-10-12)18(26-17)13-3-4-15-16(8-13)25-7-6-24-15/h1-5,8,10,14,18H,6-7,9,11H2,(H,21,23)/t14-,18-/m1/s1. The Morgan fingerprint density at radius 1 is 1.19 bits per heavy atom. The van der Waals surface area contributed by atoms with E-state index in [1.54, 1.807) is 30.6 Å². The van der Waals surface area contributed by atoms with Gasteiger partial charge in [-0.1, -0.05) is 12.1 Å². The van der Waals surface area contributed by atoms with Crippen LogP contribution in [0.1, 0.15) is 23.7 Å². The van der Waals surface area contributed by atoms with Gasteiger partial charge in [-0.25, -0.2) is 0 Å². The zero-order valence-corrected chi connectivity index (χ0v) is 14.0. The number of ether oxygens (including phenoxy) is 3. The number of carbonyl (C=O) groups excluding carboxylic acids is 2. The van der Waals surface area contributed by atoms with Crippen molar-refractivity contribution in [3.8, 4) is 11.5 Å². The number of fused-ring (bicyclic) bond motifs is 1. The molecule has 1 aromatic carbocycles. The van der Waals surface area contributed by atoms with Crippen molar-refractivity contribution in [1.29, 1.82) is 0 Å². The molecule has 134 valence electrons. The lowest BCUT2D eigenvalue weighted by atomic mass is 9.94. The van der Waals surface area contributed by atoms with Crippen LogP contribution in [0.25, 0.3) is 0 Å². The van der Waals surface area contributed by atoms with Crippen LogP contribution in [-0.2, 0) is 20.9 Å². The number of amides is 1. The number of carbonyl (C=O) groups is 2. The molecule has 1 aromatic heterocycles. The molecule has 1 N–H and O–H groups in total. The molecular weight excluding hydrogens is 336 g/mol. The first-order chi connectivity index (χ1) is 12.7. The van der Waals surface area contributed by atoms with Crippen LogP contribution in [0.3, 0.4) is 0 Å². The zero-order chi connectivity index (χ0) is 17.9. The smallest absolute Gasteiger partial charge is 0.307 e. The molecule has 26 heavy (non-hydrogen) atoms. The third-order valence-electron chi connectivity index (χ3n) is 4.43. The minimum atomic E-state index is -0.632. The number of cyclic esters (lactones) is 1. The Labute approximate surface area is 150 Å². The number of pyridine rings is 1. The summed E-state index contributed by atoms with van der Waals surface area (Å²) in [5, 5.41) is 2.86. The highest BCUT2D eigenvalue weighted by Gasteiger charge is 2.41. The van der Waals surface area contributed by atoms with Crippen molar-refractivity contribution in [3.05, 3.63) is 53.9 Å². The van der Waals surface area contributed by atoms with Crippen LogP contribution in [0.5, 0.6) is 11.5 Å². The summed E-state index contributed by atoms with van der Waals surface area (Å²) in [6, 6.07) is 9.04. The molecule has 1 amide bonds. The third-order valence-corrected chi connectivity index (χ3v) is 4.43. The van der Waals surface area contributed by atoms with Gasteiger partial charge < -0.3 is 19.5 Å². The maximum absolute atomic E-state index is 12.6. The minimum Gasteiger partial charge on any atom is -0.486 e. The zero-order valence-electron chi connectivity index (χ0n) is 14.0. The number of nitrogens with one attached hydrogen (secondary N) is 1. The van der Waals surface area contributed by atoms with Gasteiger partial charge in [0.15, 0.2) is 11.5 Å². The van der Waals surface area contributed by atoms with Crippen molar-refractivity contribution < 1.29 is 23.8 Å². The van der Waals surface area contributed by atoms with Crippen molar-refractivity contribution in [2.24, 2.45) is 5.92 Å². The van der Waals surface area contributed by atoms with Crippen molar-refractivity contribution >= 4 is 11.9 Å². The van der Waals surface area contributed by atoms with Gasteiger partial charge >= 0.3 is 5.97 Å². The monoisotopic (exact) mass is 354 g/mol. The molecule has 7 heteroatoms. The van der Waals surface area contributed by atoms with E-state index in [1.807, 2.05) is 12.1 Å². The van der Waals surface area contributed by atoms with Gasteiger partial charge in [0, 0.05) is 18.9 Å². The fourth-order valence-electron chi connectivity index (χ4n) is 3.15. The van der Waals surface area contributed by atoms with Gasteiger partial charge in [0.2, 0.25) is 5.91 Å². The van der Waals surface area contributed by atoms with E-state index in [-0.39, 0.29) is 18.3 Å². The molecule has 0 radical (unpaired) electrons. The first kappa shape index (κ1) is 16.4. The molecule has 2 aliphatic heterocycles. The van der Waals surface area contributed by atoms with Crippen LogP contribution in [0, 0.1) is 5.92 Å². The molecule has 1 saturated heterocycles. The average molecular weight is 354 g/mol. The normalized spacial score (nSPS) is 21.2. The number of benzene rings is 1. The summed E-state index contributed by atoms with van der Waals surface area (Å²) >= 11 is 0. The third kappa shape index (κ3) is 3.33. The average Bonchev–Trinajstić information content (AvgIpc) is 3.08. The quantitative estimate of drug-likeness (QED) is 0.842. The lowest BCUT2D eigenvalue weighted by molar-refractivity contribution is -0.141. The number of hydrogen-bond donors (Lipinski definition) is 1. The van der Waals surface area contributed by atoms with Crippen LogP contribution < -0.4 is 14.8 Å². The summed E-state index contributed by atoms with van der Waals surface area (Å²) in [6.07, 6.45) is 2.78. The van der Waals surface area contributed by atoms with E-state index in [0.717, 1.165) is 11.1 Å². The fourth-order valence-corrected chi connectivity index (χ4v) is 3.15. The van der Waals surface area contributed by atoms with E-state index >= 15 is 0 Å². The number of esters is 1. The molecule has 7 nitrogen and oxygen atoms in total. The molecule has 2 atom stereocenters. The van der Waals surface area contributed by atoms with Crippen LogP contribution >= 0.6 is 0 Å². The highest BCUT2D eigenvalue weighted by Crippen LogP contribution is 2.40. The number of aromatic nitrogens is 1. The van der Waals surface area contributed by atoms with Crippen molar-refractivity contribution in [1.82, 2.24) is 10.3 Å². The molecule has 0 unspecified atom stereocenters. The molecule has 2 aliphatic rings. The van der Waals surface area contributed by atoms with E-state index in [0.29, 0.717) is 31.3 Å². The van der Waals surface area contributed by atoms with Gasteiger partial charge in [-0.3, -0.25) is 14.6 Å². The highest BCUT2D eigenvalue weighted by atomic mass is 16.6. The van der Waals surface area contributed by atoms with Crippen molar-refractivity contribution in [2.75, 3.05) is 13.2 Å². The first-order valence-corrected chi connectivity index (χ1v) is 8.46. The summed E-state index contributed by atoms with van der Waals surface area (Å²) in [7, 11) is 0. The van der Waals surface area contributed by atoms with Gasteiger partial charge in [0.1, 0.15) is 19.3 Å². The number of nitrogens with zero attached hydrogens (tertiary/aromatic N) is 1. The highest BCUT2D eigenvalue weighted by molar-refractivity contribution is 5.87. The van der Waals surface area contributed by atoms with Crippen LogP contribution in [0.4, 0.5) is 0 Å². The number of rotatable bonds is 4. The van der Waals surface area contributed by atoms with Gasteiger partial charge in [0.05, 0.1) is 12.3 Å². The maximum Gasteiger partial charge on any atom is 0.307 e. The summed E-state index contributed by atoms with van der Waals surface area (Å²) in [4.78, 5) is 28.5. The first-order valence-electron chi connectivity index (χ1n) is 8.46. The topological polar surface area (TPSA) is 86.8 Å². The SMILES string of the molecule is O=C1C[C@@H](C(=O)NCc2cccnc2)[C@@H](c2ccc3c(c2)OCCO3)O1. The van der Waals surface area contributed by atoms with Crippen LogP contribution in [0.2, 0.25) is 0 Å². The van der Waals surface area contributed by atoms with Crippen molar-refractivity contribution in [3.63, 3.8) is 0 Å². The molecule has 4 rings (SSSR count). The number of hydrogen-bond acceptors (Lipinski definition) is 6. The van der Waals surface area contributed by atoms with Crippen LogP contribution in [0.15, 0.2) is 42.7 Å². The Kier molecular flexibility index (Phi) is 4.43. The Morgan fingerprint density at radius 2 is 2.04 bits per heavy atom. The summed E-state index contributed by atoms with van der Waals surface area (Å²) < 4.78 is 16.5. The molecule has 0 spiro atoms. The summed E-state index contributed by atoms with van der Waals surface area (Å²) in [5.74, 6) is 0.0702. The molecule has 1 fully saturated rings. The van der Waals surface area contributed by atoms with E-state index in [1.165, 1.54) is 0 Å². The predicted molar refractivity (Wildman–Crippen MR) is 90.5 cm³/mol. The minimum absolute atomic E-state index is 0.0536. The fraction of sp³-hybridized carbons (Fsp3) is 0.316. The molecule has 3 heterocycles. The van der Waals surface area contributed by atoms with E-state index in [4.69, 9.17) is 14.2 Å². The maximum atomic E-state index is 12.6. The molecule has 0 bridgehead atoms. The molecule has 0 saturated carbocycles. The summed E-state index contributed by atoms with van der Waals surface area (Å²) in [6.45, 7) is 1.32. The van der Waals surface area contributed by atoms with E-state index in [2.05, 4.69) is 10.3 Å². The second-order valence-electron chi connectivity index (χ2n) is 6.20. The largest absolute Gasteiger partial charge is 0.486 e. The molecular formula is C19H18N2O5. The van der Waals surface area contributed by atoms with Gasteiger partial charge in [-0.15, -0.1) is 0 Å².